The number of rotatable bonds is 7. The summed E-state index contributed by atoms with van der Waals surface area (Å²) in [5.41, 5.74) is 2.98. The lowest BCUT2D eigenvalue weighted by molar-refractivity contribution is 0.217. The first-order chi connectivity index (χ1) is 6.02. The van der Waals surface area contributed by atoms with Gasteiger partial charge in [0.05, 0.1) is 0 Å². The Morgan fingerprint density at radius 2 is 1.92 bits per heavy atom. The molecule has 0 aliphatic rings. The van der Waals surface area contributed by atoms with Crippen molar-refractivity contribution in [2.75, 3.05) is 19.6 Å². The van der Waals surface area contributed by atoms with E-state index >= 15 is 0 Å². The molecular weight excluding hydrogens is 164 g/mol. The quantitative estimate of drug-likeness (QED) is 0.401. The third-order valence-corrected chi connectivity index (χ3v) is 2.58. The maximum atomic E-state index is 5.76. The molecule has 0 atom stereocenters. The predicted molar refractivity (Wildman–Crippen MR) is 56.6 cm³/mol. The van der Waals surface area contributed by atoms with E-state index in [1.165, 1.54) is 6.42 Å². The van der Waals surface area contributed by atoms with Gasteiger partial charge >= 0.3 is 0 Å². The van der Waals surface area contributed by atoms with Crippen LogP contribution in [0.3, 0.4) is 0 Å². The van der Waals surface area contributed by atoms with Crippen molar-refractivity contribution in [2.45, 2.75) is 33.6 Å². The highest BCUT2D eigenvalue weighted by atomic mass is 15.4. The molecule has 0 saturated heterocycles. The van der Waals surface area contributed by atoms with E-state index in [4.69, 9.17) is 11.7 Å². The number of hydrazine groups is 2. The zero-order valence-corrected chi connectivity index (χ0v) is 9.14. The summed E-state index contributed by atoms with van der Waals surface area (Å²) < 4.78 is 0. The maximum Gasteiger partial charge on any atom is 0.0267 e. The van der Waals surface area contributed by atoms with Crippen LogP contribution in [-0.4, -0.2) is 24.6 Å². The van der Waals surface area contributed by atoms with E-state index in [2.05, 4.69) is 26.2 Å². The Hall–Kier alpha value is -0.160. The van der Waals surface area contributed by atoms with Gasteiger partial charge in [-0.2, -0.15) is 0 Å². The second-order valence-corrected chi connectivity index (χ2v) is 4.26. The van der Waals surface area contributed by atoms with Gasteiger partial charge in [-0.1, -0.05) is 27.2 Å². The summed E-state index contributed by atoms with van der Waals surface area (Å²) in [5, 5.41) is 1.82. The van der Waals surface area contributed by atoms with Gasteiger partial charge in [-0.15, -0.1) is 0 Å². The molecule has 0 saturated carbocycles. The number of nitrogens with one attached hydrogen (secondary N) is 1. The summed E-state index contributed by atoms with van der Waals surface area (Å²) in [6.07, 6.45) is 2.32. The molecule has 80 valence electrons. The number of nitrogens with zero attached hydrogens (tertiary/aromatic N) is 1. The molecule has 0 spiro atoms. The van der Waals surface area contributed by atoms with Crippen LogP contribution < -0.4 is 17.1 Å². The molecule has 0 aliphatic heterocycles. The second kappa shape index (κ2) is 6.32. The molecule has 0 aliphatic carbocycles. The highest BCUT2D eigenvalue weighted by Crippen LogP contribution is 2.23. The second-order valence-electron chi connectivity index (χ2n) is 4.26. The molecule has 0 heterocycles. The molecule has 0 radical (unpaired) electrons. The average molecular weight is 188 g/mol. The number of hydrogen-bond acceptors (Lipinski definition) is 4. The maximum absolute atomic E-state index is 5.76. The Balaban J connectivity index is 3.51. The number of hydrogen-bond donors (Lipinski definition) is 3. The summed E-state index contributed by atoms with van der Waals surface area (Å²) in [6, 6.07) is 0. The fourth-order valence-electron chi connectivity index (χ4n) is 0.943. The van der Waals surface area contributed by atoms with Gasteiger partial charge in [-0.3, -0.25) is 17.1 Å². The summed E-state index contributed by atoms with van der Waals surface area (Å²) in [4.78, 5) is 0. The molecule has 0 bridgehead atoms. The van der Waals surface area contributed by atoms with Gasteiger partial charge in [0.2, 0.25) is 0 Å². The predicted octanol–water partition coefficient (Wildman–Crippen LogP) is 0.452. The van der Waals surface area contributed by atoms with Gasteiger partial charge in [0.1, 0.15) is 0 Å². The molecule has 0 fully saturated rings. The molecule has 0 aromatic heterocycles. The van der Waals surface area contributed by atoms with Crippen LogP contribution in [0, 0.1) is 5.41 Å². The lowest BCUT2D eigenvalue weighted by Crippen LogP contribution is -2.40. The lowest BCUT2D eigenvalue weighted by Gasteiger charge is -2.25. The molecule has 0 rings (SSSR count). The van der Waals surface area contributed by atoms with E-state index in [1.807, 2.05) is 5.01 Å². The van der Waals surface area contributed by atoms with Gasteiger partial charge in [-0.25, -0.2) is 5.01 Å². The zero-order chi connectivity index (χ0) is 10.3. The average Bonchev–Trinajstić information content (AvgIpc) is 2.11. The van der Waals surface area contributed by atoms with Crippen LogP contribution >= 0.6 is 0 Å². The van der Waals surface area contributed by atoms with Crippen molar-refractivity contribution in [3.8, 4) is 0 Å². The fraction of sp³-hybridized carbons (Fsp3) is 1.00. The van der Waals surface area contributed by atoms with Crippen LogP contribution in [0.4, 0.5) is 0 Å². The molecular formula is C9H24N4. The van der Waals surface area contributed by atoms with Gasteiger partial charge in [0.25, 0.3) is 0 Å². The summed E-state index contributed by atoms with van der Waals surface area (Å²) >= 11 is 0. The summed E-state index contributed by atoms with van der Waals surface area (Å²) in [5.74, 6) is 10.9. The normalized spacial score (nSPS) is 12.5. The van der Waals surface area contributed by atoms with Crippen LogP contribution in [0.25, 0.3) is 0 Å². The smallest absolute Gasteiger partial charge is 0.0267 e. The van der Waals surface area contributed by atoms with E-state index in [0.717, 1.165) is 26.1 Å². The first-order valence-electron chi connectivity index (χ1n) is 4.95. The van der Waals surface area contributed by atoms with Crippen molar-refractivity contribution >= 4 is 0 Å². The highest BCUT2D eigenvalue weighted by Gasteiger charge is 2.15. The fourth-order valence-corrected chi connectivity index (χ4v) is 0.943. The number of nitrogens with two attached hydrogens (primary N) is 2. The van der Waals surface area contributed by atoms with Crippen LogP contribution in [0.1, 0.15) is 33.6 Å². The van der Waals surface area contributed by atoms with Crippen molar-refractivity contribution in [1.29, 1.82) is 0 Å². The summed E-state index contributed by atoms with van der Waals surface area (Å²) in [7, 11) is 0. The van der Waals surface area contributed by atoms with Crippen LogP contribution in [-0.2, 0) is 0 Å². The van der Waals surface area contributed by atoms with Crippen molar-refractivity contribution in [1.82, 2.24) is 10.4 Å². The van der Waals surface area contributed by atoms with E-state index in [-0.39, 0.29) is 0 Å². The SMILES string of the molecule is CCC(C)(C)CCN(N)CCNN. The van der Waals surface area contributed by atoms with Crippen LogP contribution in [0.2, 0.25) is 0 Å². The molecule has 0 unspecified atom stereocenters. The molecule has 0 aromatic carbocycles. The Morgan fingerprint density at radius 3 is 2.38 bits per heavy atom. The molecule has 0 aromatic rings. The lowest BCUT2D eigenvalue weighted by atomic mass is 9.86. The van der Waals surface area contributed by atoms with Crippen molar-refractivity contribution in [3.63, 3.8) is 0 Å². The Bertz CT molecular complexity index is 125. The minimum absolute atomic E-state index is 0.397. The van der Waals surface area contributed by atoms with Crippen molar-refractivity contribution in [3.05, 3.63) is 0 Å². The first kappa shape index (κ1) is 12.8. The summed E-state index contributed by atoms with van der Waals surface area (Å²) in [6.45, 7) is 9.22. The third kappa shape index (κ3) is 6.95. The molecule has 13 heavy (non-hydrogen) atoms. The molecule has 4 nitrogen and oxygen atoms in total. The standard InChI is InChI=1S/C9H24N4/c1-4-9(2,3)5-7-13(11)8-6-12-10/h12H,4-8,10-11H2,1-3H3. The monoisotopic (exact) mass is 188 g/mol. The third-order valence-electron chi connectivity index (χ3n) is 2.58. The zero-order valence-electron chi connectivity index (χ0n) is 9.14. The van der Waals surface area contributed by atoms with E-state index < -0.39 is 0 Å². The van der Waals surface area contributed by atoms with Crippen LogP contribution in [0.15, 0.2) is 0 Å². The largest absolute Gasteiger partial charge is 0.271 e. The van der Waals surface area contributed by atoms with E-state index in [1.54, 1.807) is 0 Å². The molecule has 5 N–H and O–H groups in total. The van der Waals surface area contributed by atoms with Crippen LogP contribution in [0.5, 0.6) is 0 Å². The van der Waals surface area contributed by atoms with Gasteiger partial charge in [0.15, 0.2) is 0 Å². The van der Waals surface area contributed by atoms with E-state index in [9.17, 15) is 0 Å². The van der Waals surface area contributed by atoms with Gasteiger partial charge < -0.3 is 0 Å². The highest BCUT2D eigenvalue weighted by molar-refractivity contribution is 4.67. The van der Waals surface area contributed by atoms with Gasteiger partial charge in [-0.05, 0) is 11.8 Å². The Labute approximate surface area is 81.6 Å². The van der Waals surface area contributed by atoms with Crippen molar-refractivity contribution < 1.29 is 0 Å². The minimum Gasteiger partial charge on any atom is -0.271 e. The topological polar surface area (TPSA) is 67.3 Å². The van der Waals surface area contributed by atoms with E-state index in [0.29, 0.717) is 5.41 Å². The Morgan fingerprint density at radius 1 is 1.31 bits per heavy atom. The molecule has 0 amide bonds. The minimum atomic E-state index is 0.397. The first-order valence-corrected chi connectivity index (χ1v) is 4.95. The Kier molecular flexibility index (Phi) is 6.24. The van der Waals surface area contributed by atoms with Crippen molar-refractivity contribution in [2.24, 2.45) is 17.1 Å². The molecule has 4 heteroatoms. The van der Waals surface area contributed by atoms with Gasteiger partial charge in [0, 0.05) is 19.6 Å².